The molecule has 3 heterocycles. The van der Waals surface area contributed by atoms with E-state index in [0.717, 1.165) is 28.8 Å². The number of fused-ring (bicyclic) bond motifs is 1. The first-order valence-electron chi connectivity index (χ1n) is 10.0. The van der Waals surface area contributed by atoms with E-state index in [1.807, 2.05) is 18.3 Å². The molecule has 0 saturated heterocycles. The zero-order valence-corrected chi connectivity index (χ0v) is 16.3. The zero-order chi connectivity index (χ0) is 20.5. The molecule has 30 heavy (non-hydrogen) atoms. The molecule has 0 radical (unpaired) electrons. The van der Waals surface area contributed by atoms with Crippen molar-refractivity contribution in [3.05, 3.63) is 54.6 Å². The highest BCUT2D eigenvalue weighted by Crippen LogP contribution is 2.33. The second kappa shape index (κ2) is 7.79. The molecule has 3 aromatic heterocycles. The van der Waals surface area contributed by atoms with E-state index in [0.29, 0.717) is 29.8 Å². The van der Waals surface area contributed by atoms with E-state index < -0.39 is 0 Å². The number of aromatic nitrogens is 5. The number of anilines is 1. The van der Waals surface area contributed by atoms with Crippen LogP contribution in [0.5, 0.6) is 0 Å². The normalized spacial score (nSPS) is 13.7. The van der Waals surface area contributed by atoms with Gasteiger partial charge in [-0.1, -0.05) is 0 Å². The van der Waals surface area contributed by atoms with Crippen LogP contribution in [0, 0.1) is 11.7 Å². The summed E-state index contributed by atoms with van der Waals surface area (Å²) in [4.78, 5) is 13.8. The smallest absolute Gasteiger partial charge is 0.223 e. The van der Waals surface area contributed by atoms with Gasteiger partial charge >= 0.3 is 0 Å². The Bertz CT molecular complexity index is 1190. The Morgan fingerprint density at radius 1 is 1.13 bits per heavy atom. The molecule has 152 valence electrons. The Balaban J connectivity index is 1.61. The van der Waals surface area contributed by atoms with Gasteiger partial charge in [0.25, 0.3) is 0 Å². The number of nitrogens with one attached hydrogen (secondary N) is 1. The molecule has 1 aliphatic carbocycles. The van der Waals surface area contributed by atoms with Crippen molar-refractivity contribution < 1.29 is 9.50 Å². The molecule has 2 N–H and O–H groups in total. The van der Waals surface area contributed by atoms with Gasteiger partial charge in [0.15, 0.2) is 5.65 Å². The molecule has 1 aromatic carbocycles. The van der Waals surface area contributed by atoms with Crippen molar-refractivity contribution in [2.75, 3.05) is 18.5 Å². The Hall–Kier alpha value is -3.39. The van der Waals surface area contributed by atoms with Crippen LogP contribution in [0.3, 0.4) is 0 Å². The Kier molecular flexibility index (Phi) is 4.84. The molecule has 0 unspecified atom stereocenters. The number of benzene rings is 1. The quantitative estimate of drug-likeness (QED) is 0.490. The van der Waals surface area contributed by atoms with Crippen molar-refractivity contribution in [3.63, 3.8) is 0 Å². The Labute approximate surface area is 172 Å². The topological polar surface area (TPSA) is 88.8 Å². The van der Waals surface area contributed by atoms with Gasteiger partial charge in [-0.05, 0) is 55.2 Å². The average Bonchev–Trinajstić information content (AvgIpc) is 3.51. The summed E-state index contributed by atoms with van der Waals surface area (Å²) >= 11 is 0. The molecule has 5 rings (SSSR count). The van der Waals surface area contributed by atoms with Crippen molar-refractivity contribution in [1.29, 1.82) is 0 Å². The fraction of sp³-hybridized carbons (Fsp3) is 0.273. The molecule has 0 amide bonds. The fourth-order valence-corrected chi connectivity index (χ4v) is 3.40. The van der Waals surface area contributed by atoms with Crippen LogP contribution in [0.15, 0.2) is 48.8 Å². The minimum absolute atomic E-state index is 0.00635. The first-order chi connectivity index (χ1) is 14.7. The van der Waals surface area contributed by atoms with Crippen LogP contribution in [-0.4, -0.2) is 43.0 Å². The molecule has 0 atom stereocenters. The van der Waals surface area contributed by atoms with E-state index in [4.69, 9.17) is 9.97 Å². The molecular formula is C22H21FN6O. The molecule has 7 nitrogen and oxygen atoms in total. The summed E-state index contributed by atoms with van der Waals surface area (Å²) in [6.07, 6.45) is 6.08. The van der Waals surface area contributed by atoms with Crippen LogP contribution in [0.2, 0.25) is 0 Å². The van der Waals surface area contributed by atoms with Crippen molar-refractivity contribution in [1.82, 2.24) is 24.7 Å². The number of aliphatic hydroxyl groups excluding tert-OH is 1. The lowest BCUT2D eigenvalue weighted by molar-refractivity contribution is 0.270. The number of rotatable bonds is 7. The lowest BCUT2D eigenvalue weighted by atomic mass is 10.0. The Morgan fingerprint density at radius 3 is 2.73 bits per heavy atom. The minimum Gasteiger partial charge on any atom is -0.394 e. The van der Waals surface area contributed by atoms with Crippen molar-refractivity contribution >= 4 is 17.0 Å². The van der Waals surface area contributed by atoms with Gasteiger partial charge in [-0.15, -0.1) is 0 Å². The largest absolute Gasteiger partial charge is 0.394 e. The van der Waals surface area contributed by atoms with Gasteiger partial charge in [0.1, 0.15) is 5.82 Å². The SMILES string of the molecule is OCCn1cc2cc(-c3ccnc(NCC4CC4)n3)c(-c3ccc(F)cc3)nc2n1. The second-order valence-electron chi connectivity index (χ2n) is 7.51. The molecule has 1 saturated carbocycles. The molecule has 1 aliphatic rings. The molecule has 1 fully saturated rings. The van der Waals surface area contributed by atoms with Gasteiger partial charge in [0, 0.05) is 35.5 Å². The number of hydrogen-bond acceptors (Lipinski definition) is 6. The van der Waals surface area contributed by atoms with E-state index >= 15 is 0 Å². The van der Waals surface area contributed by atoms with Crippen LogP contribution >= 0.6 is 0 Å². The van der Waals surface area contributed by atoms with Gasteiger partial charge in [-0.2, -0.15) is 5.10 Å². The molecule has 8 heteroatoms. The van der Waals surface area contributed by atoms with Crippen LogP contribution in [-0.2, 0) is 6.54 Å². The number of hydrogen-bond donors (Lipinski definition) is 2. The summed E-state index contributed by atoms with van der Waals surface area (Å²) in [5.41, 5.74) is 3.55. The van der Waals surface area contributed by atoms with Crippen molar-refractivity contribution in [2.45, 2.75) is 19.4 Å². The number of aliphatic hydroxyl groups is 1. The Morgan fingerprint density at radius 2 is 1.97 bits per heavy atom. The monoisotopic (exact) mass is 404 g/mol. The van der Waals surface area contributed by atoms with Crippen LogP contribution in [0.4, 0.5) is 10.3 Å². The highest BCUT2D eigenvalue weighted by molar-refractivity contribution is 5.89. The van der Waals surface area contributed by atoms with Crippen molar-refractivity contribution in [2.24, 2.45) is 5.92 Å². The van der Waals surface area contributed by atoms with E-state index in [-0.39, 0.29) is 12.4 Å². The predicted octanol–water partition coefficient (Wildman–Crippen LogP) is 3.51. The fourth-order valence-electron chi connectivity index (χ4n) is 3.40. The molecule has 0 bridgehead atoms. The van der Waals surface area contributed by atoms with E-state index in [9.17, 15) is 9.50 Å². The predicted molar refractivity (Wildman–Crippen MR) is 112 cm³/mol. The van der Waals surface area contributed by atoms with Gasteiger partial charge in [-0.25, -0.2) is 19.3 Å². The third kappa shape index (κ3) is 3.86. The third-order valence-corrected chi connectivity index (χ3v) is 5.17. The van der Waals surface area contributed by atoms with Crippen molar-refractivity contribution in [3.8, 4) is 22.5 Å². The summed E-state index contributed by atoms with van der Waals surface area (Å²) < 4.78 is 15.2. The maximum Gasteiger partial charge on any atom is 0.223 e. The number of halogens is 1. The molecule has 4 aromatic rings. The highest BCUT2D eigenvalue weighted by atomic mass is 19.1. The number of pyridine rings is 1. The first-order valence-corrected chi connectivity index (χ1v) is 10.0. The summed E-state index contributed by atoms with van der Waals surface area (Å²) in [6, 6.07) is 10.1. The summed E-state index contributed by atoms with van der Waals surface area (Å²) in [7, 11) is 0. The lowest BCUT2D eigenvalue weighted by Crippen LogP contribution is -2.07. The van der Waals surface area contributed by atoms with Crippen LogP contribution in [0.1, 0.15) is 12.8 Å². The van der Waals surface area contributed by atoms with Gasteiger partial charge in [0.05, 0.1) is 24.5 Å². The first kappa shape index (κ1) is 18.6. The van der Waals surface area contributed by atoms with Gasteiger partial charge < -0.3 is 10.4 Å². The standard InChI is InChI=1S/C22H21FN6O/c23-17-5-3-15(4-6-17)20-18(11-16-13-29(9-10-30)28-21(16)27-20)19-7-8-24-22(26-19)25-12-14-1-2-14/h3-8,11,13-14,30H,1-2,9-10,12H2,(H,24,25,26). The van der Waals surface area contributed by atoms with E-state index in [1.165, 1.54) is 25.0 Å². The summed E-state index contributed by atoms with van der Waals surface area (Å²) in [5, 5.41) is 17.8. The number of nitrogens with zero attached hydrogens (tertiary/aromatic N) is 5. The molecule has 0 spiro atoms. The molecule has 0 aliphatic heterocycles. The van der Waals surface area contributed by atoms with Crippen LogP contribution in [0.25, 0.3) is 33.5 Å². The minimum atomic E-state index is -0.304. The summed E-state index contributed by atoms with van der Waals surface area (Å²) in [5.74, 6) is 0.991. The van der Waals surface area contributed by atoms with Gasteiger partial charge in [0.2, 0.25) is 5.95 Å². The third-order valence-electron chi connectivity index (χ3n) is 5.17. The lowest BCUT2D eigenvalue weighted by Gasteiger charge is -2.10. The molecular weight excluding hydrogens is 383 g/mol. The van der Waals surface area contributed by atoms with Gasteiger partial charge in [-0.3, -0.25) is 4.68 Å². The highest BCUT2D eigenvalue weighted by Gasteiger charge is 2.21. The average molecular weight is 404 g/mol. The maximum absolute atomic E-state index is 13.5. The zero-order valence-electron chi connectivity index (χ0n) is 16.3. The summed E-state index contributed by atoms with van der Waals surface area (Å²) in [6.45, 7) is 1.26. The van der Waals surface area contributed by atoms with E-state index in [2.05, 4.69) is 15.4 Å². The second-order valence-corrected chi connectivity index (χ2v) is 7.51. The van der Waals surface area contributed by atoms with E-state index in [1.54, 1.807) is 23.0 Å². The van der Waals surface area contributed by atoms with Crippen LogP contribution < -0.4 is 5.32 Å². The maximum atomic E-state index is 13.5.